The molecule has 0 radical (unpaired) electrons. The van der Waals surface area contributed by atoms with E-state index in [-0.39, 0.29) is 6.04 Å². The molecule has 0 amide bonds. The summed E-state index contributed by atoms with van der Waals surface area (Å²) >= 11 is 0. The molecule has 5 nitrogen and oxygen atoms in total. The molecule has 110 valence electrons. The molecule has 5 heteroatoms. The van der Waals surface area contributed by atoms with Crippen LogP contribution >= 0.6 is 0 Å². The van der Waals surface area contributed by atoms with Crippen LogP contribution in [0.25, 0.3) is 0 Å². The summed E-state index contributed by atoms with van der Waals surface area (Å²) in [6, 6.07) is 7.79. The van der Waals surface area contributed by atoms with Crippen LogP contribution in [0.4, 0.5) is 0 Å². The Kier molecular flexibility index (Phi) is 4.98. The van der Waals surface area contributed by atoms with Crippen molar-refractivity contribution in [1.29, 1.82) is 0 Å². The molecule has 1 aliphatic rings. The first-order chi connectivity index (χ1) is 9.65. The van der Waals surface area contributed by atoms with Crippen LogP contribution in [0.5, 0.6) is 5.75 Å². The molecule has 1 N–H and O–H groups in total. The maximum Gasteiger partial charge on any atom is 0.310 e. The van der Waals surface area contributed by atoms with E-state index in [9.17, 15) is 9.90 Å². The number of hydrogen-bond donors (Lipinski definition) is 1. The lowest BCUT2D eigenvalue weighted by atomic mass is 10.0. The van der Waals surface area contributed by atoms with E-state index in [1.54, 1.807) is 7.11 Å². The molecular formula is C15H21NO4. The average Bonchev–Trinajstić information content (AvgIpc) is 2.94. The molecule has 0 aliphatic carbocycles. The summed E-state index contributed by atoms with van der Waals surface area (Å²) in [4.78, 5) is 13.4. The summed E-state index contributed by atoms with van der Waals surface area (Å²) in [6.45, 7) is 4.31. The number of methoxy groups -OCH3 is 1. The minimum Gasteiger partial charge on any atom is -0.497 e. The van der Waals surface area contributed by atoms with Gasteiger partial charge < -0.3 is 14.6 Å². The van der Waals surface area contributed by atoms with Crippen LogP contribution in [0, 0.1) is 5.92 Å². The summed E-state index contributed by atoms with van der Waals surface area (Å²) in [6.07, 6.45) is 0. The number of rotatable bonds is 6. The fourth-order valence-electron chi connectivity index (χ4n) is 2.61. The van der Waals surface area contributed by atoms with Crippen molar-refractivity contribution in [3.63, 3.8) is 0 Å². The van der Waals surface area contributed by atoms with E-state index in [0.717, 1.165) is 17.9 Å². The van der Waals surface area contributed by atoms with E-state index in [1.807, 2.05) is 31.2 Å². The lowest BCUT2D eigenvalue weighted by molar-refractivity contribution is -0.143. The number of likely N-dealkylation sites (N-methyl/N-ethyl adjacent to an activating group) is 1. The quantitative estimate of drug-likeness (QED) is 0.857. The van der Waals surface area contributed by atoms with Gasteiger partial charge in [-0.3, -0.25) is 9.69 Å². The number of carboxylic acid groups (broad SMARTS) is 1. The highest BCUT2D eigenvalue weighted by Crippen LogP contribution is 2.23. The molecule has 1 fully saturated rings. The van der Waals surface area contributed by atoms with Gasteiger partial charge in [0.2, 0.25) is 0 Å². The molecule has 0 saturated carbocycles. The second-order valence-corrected chi connectivity index (χ2v) is 4.96. The van der Waals surface area contributed by atoms with Crippen molar-refractivity contribution >= 4 is 5.97 Å². The molecule has 0 bridgehead atoms. The molecule has 1 aromatic carbocycles. The molecule has 2 atom stereocenters. The number of carbonyl (C=O) groups is 1. The number of carboxylic acids is 1. The minimum absolute atomic E-state index is 0.0660. The van der Waals surface area contributed by atoms with Gasteiger partial charge in [-0.15, -0.1) is 0 Å². The lowest BCUT2D eigenvalue weighted by Crippen LogP contribution is -2.42. The van der Waals surface area contributed by atoms with E-state index in [1.165, 1.54) is 0 Å². The van der Waals surface area contributed by atoms with Gasteiger partial charge in [-0.05, 0) is 24.2 Å². The Morgan fingerprint density at radius 3 is 2.95 bits per heavy atom. The predicted octanol–water partition coefficient (Wildman–Crippen LogP) is 1.62. The van der Waals surface area contributed by atoms with Gasteiger partial charge in [0.15, 0.2) is 0 Å². The van der Waals surface area contributed by atoms with E-state index in [2.05, 4.69) is 4.90 Å². The number of benzene rings is 1. The summed E-state index contributed by atoms with van der Waals surface area (Å²) in [5.74, 6) is -0.409. The molecular weight excluding hydrogens is 258 g/mol. The van der Waals surface area contributed by atoms with Crippen LogP contribution in [0.15, 0.2) is 24.3 Å². The third-order valence-electron chi connectivity index (χ3n) is 3.76. The Balaban J connectivity index is 2.10. The van der Waals surface area contributed by atoms with E-state index in [0.29, 0.717) is 19.8 Å². The largest absolute Gasteiger partial charge is 0.497 e. The summed E-state index contributed by atoms with van der Waals surface area (Å²) < 4.78 is 10.6. The molecule has 1 aliphatic heterocycles. The van der Waals surface area contributed by atoms with Crippen molar-refractivity contribution in [2.45, 2.75) is 19.5 Å². The van der Waals surface area contributed by atoms with Gasteiger partial charge in [0.1, 0.15) is 5.75 Å². The smallest absolute Gasteiger partial charge is 0.310 e. The highest BCUT2D eigenvalue weighted by atomic mass is 16.5. The SMILES string of the molecule is CCN(Cc1cccc(OC)c1)C1COCC1C(=O)O. The molecule has 2 rings (SSSR count). The van der Waals surface area contributed by atoms with Crippen molar-refractivity contribution in [2.75, 3.05) is 26.9 Å². The van der Waals surface area contributed by atoms with Crippen LogP contribution in [0.2, 0.25) is 0 Å². The Morgan fingerprint density at radius 2 is 2.30 bits per heavy atom. The van der Waals surface area contributed by atoms with Gasteiger partial charge >= 0.3 is 5.97 Å². The van der Waals surface area contributed by atoms with Gasteiger partial charge in [-0.25, -0.2) is 0 Å². The number of ether oxygens (including phenoxy) is 2. The zero-order chi connectivity index (χ0) is 14.5. The summed E-state index contributed by atoms with van der Waals surface area (Å²) in [5.41, 5.74) is 1.11. The molecule has 1 saturated heterocycles. The van der Waals surface area contributed by atoms with Crippen molar-refractivity contribution in [2.24, 2.45) is 5.92 Å². The van der Waals surface area contributed by atoms with Gasteiger partial charge in [0, 0.05) is 12.6 Å². The fraction of sp³-hybridized carbons (Fsp3) is 0.533. The second-order valence-electron chi connectivity index (χ2n) is 4.96. The van der Waals surface area contributed by atoms with E-state index < -0.39 is 11.9 Å². The van der Waals surface area contributed by atoms with Crippen molar-refractivity contribution in [1.82, 2.24) is 4.90 Å². The van der Waals surface area contributed by atoms with Crippen molar-refractivity contribution < 1.29 is 19.4 Å². The van der Waals surface area contributed by atoms with Crippen LogP contribution in [-0.4, -0.2) is 48.9 Å². The molecule has 2 unspecified atom stereocenters. The topological polar surface area (TPSA) is 59.0 Å². The summed E-state index contributed by atoms with van der Waals surface area (Å²) in [5, 5.41) is 9.25. The Labute approximate surface area is 119 Å². The third-order valence-corrected chi connectivity index (χ3v) is 3.76. The van der Waals surface area contributed by atoms with Crippen LogP contribution in [0.3, 0.4) is 0 Å². The van der Waals surface area contributed by atoms with Gasteiger partial charge in [-0.2, -0.15) is 0 Å². The maximum absolute atomic E-state index is 11.3. The predicted molar refractivity (Wildman–Crippen MR) is 74.8 cm³/mol. The zero-order valence-corrected chi connectivity index (χ0v) is 11.9. The monoisotopic (exact) mass is 279 g/mol. The van der Waals surface area contributed by atoms with Gasteiger partial charge in [0.25, 0.3) is 0 Å². The first-order valence-electron chi connectivity index (χ1n) is 6.83. The van der Waals surface area contributed by atoms with Crippen LogP contribution in [-0.2, 0) is 16.1 Å². The fourth-order valence-corrected chi connectivity index (χ4v) is 2.61. The third kappa shape index (κ3) is 3.29. The molecule has 1 aromatic rings. The highest BCUT2D eigenvalue weighted by molar-refractivity contribution is 5.71. The van der Waals surface area contributed by atoms with Gasteiger partial charge in [-0.1, -0.05) is 19.1 Å². The van der Waals surface area contributed by atoms with Crippen LogP contribution < -0.4 is 4.74 Å². The number of aliphatic carboxylic acids is 1. The first-order valence-corrected chi connectivity index (χ1v) is 6.83. The summed E-state index contributed by atoms with van der Waals surface area (Å²) in [7, 11) is 1.64. The Morgan fingerprint density at radius 1 is 1.50 bits per heavy atom. The zero-order valence-electron chi connectivity index (χ0n) is 11.9. The lowest BCUT2D eigenvalue weighted by Gasteiger charge is -2.29. The average molecular weight is 279 g/mol. The number of hydrogen-bond acceptors (Lipinski definition) is 4. The second kappa shape index (κ2) is 6.72. The Hall–Kier alpha value is -1.59. The standard InChI is InChI=1S/C15H21NO4/c1-3-16(14-10-20-9-13(14)15(17)18)8-11-5-4-6-12(7-11)19-2/h4-7,13-14H,3,8-10H2,1-2H3,(H,17,18). The molecule has 20 heavy (non-hydrogen) atoms. The number of nitrogens with zero attached hydrogens (tertiary/aromatic N) is 1. The maximum atomic E-state index is 11.3. The molecule has 0 spiro atoms. The normalized spacial score (nSPS) is 22.1. The molecule has 0 aromatic heterocycles. The molecule has 1 heterocycles. The van der Waals surface area contributed by atoms with Crippen LogP contribution in [0.1, 0.15) is 12.5 Å². The van der Waals surface area contributed by atoms with Gasteiger partial charge in [0.05, 0.1) is 26.2 Å². The first kappa shape index (κ1) is 14.8. The Bertz CT molecular complexity index is 463. The van der Waals surface area contributed by atoms with Crippen molar-refractivity contribution in [3.8, 4) is 5.75 Å². The minimum atomic E-state index is -0.781. The van der Waals surface area contributed by atoms with E-state index >= 15 is 0 Å². The van der Waals surface area contributed by atoms with Crippen molar-refractivity contribution in [3.05, 3.63) is 29.8 Å². The highest BCUT2D eigenvalue weighted by Gasteiger charge is 2.37. The van der Waals surface area contributed by atoms with E-state index in [4.69, 9.17) is 9.47 Å².